The lowest BCUT2D eigenvalue weighted by Crippen LogP contribution is -2.44. The van der Waals surface area contributed by atoms with Gasteiger partial charge in [0.15, 0.2) is 0 Å². The number of rotatable bonds is 6. The van der Waals surface area contributed by atoms with E-state index in [-0.39, 0.29) is 29.6 Å². The Morgan fingerprint density at radius 1 is 1.14 bits per heavy atom. The fourth-order valence-corrected chi connectivity index (χ4v) is 4.63. The van der Waals surface area contributed by atoms with Gasteiger partial charge in [-0.1, -0.05) is 12.1 Å². The Hall–Kier alpha value is -2.40. The monoisotopic (exact) mass is 431 g/mol. The molecule has 11 heteroatoms. The molecule has 1 atom stereocenters. The van der Waals surface area contributed by atoms with Crippen molar-refractivity contribution in [1.82, 2.24) is 14.3 Å². The van der Waals surface area contributed by atoms with Gasteiger partial charge in [-0.3, -0.25) is 0 Å². The molecule has 1 aromatic carbocycles. The number of hydrogen-bond donors (Lipinski definition) is 0. The van der Waals surface area contributed by atoms with Gasteiger partial charge in [0.2, 0.25) is 10.0 Å². The molecule has 1 fully saturated rings. The molecule has 1 saturated heterocycles. The topological polar surface area (TPSA) is 81.6 Å². The minimum Gasteiger partial charge on any atom is -0.477 e. The van der Waals surface area contributed by atoms with Gasteiger partial charge in [0, 0.05) is 18.9 Å². The summed E-state index contributed by atoms with van der Waals surface area (Å²) in [6.07, 6.45) is -0.786. The van der Waals surface area contributed by atoms with Crippen molar-refractivity contribution in [3.05, 3.63) is 47.8 Å². The van der Waals surface area contributed by atoms with Crippen molar-refractivity contribution in [1.29, 1.82) is 0 Å². The standard InChI is InChI=1S/C18H20F3N3O4S/c1-27-16-17(23-9-8-22-16)28-15-3-2-10-24(11-15)29(25,26)12-13-4-6-14(7-5-13)18(19,20)21/h4-9,15H,2-3,10-12H2,1H3. The number of aromatic nitrogens is 2. The largest absolute Gasteiger partial charge is 0.477 e. The average Bonchev–Trinajstić information content (AvgIpc) is 2.68. The number of piperidine rings is 1. The van der Waals surface area contributed by atoms with Crippen LogP contribution in [0.2, 0.25) is 0 Å². The van der Waals surface area contributed by atoms with Crippen molar-refractivity contribution < 1.29 is 31.1 Å². The van der Waals surface area contributed by atoms with Crippen LogP contribution in [0, 0.1) is 0 Å². The van der Waals surface area contributed by atoms with Crippen LogP contribution in [0.15, 0.2) is 36.7 Å². The van der Waals surface area contributed by atoms with Crippen LogP contribution in [0.4, 0.5) is 13.2 Å². The summed E-state index contributed by atoms with van der Waals surface area (Å²) in [5.74, 6) is 0.00555. The molecule has 1 aliphatic heterocycles. The molecule has 2 aromatic rings. The predicted octanol–water partition coefficient (Wildman–Crippen LogP) is 2.88. The van der Waals surface area contributed by atoms with Gasteiger partial charge >= 0.3 is 6.18 Å². The zero-order chi connectivity index (χ0) is 21.1. The average molecular weight is 431 g/mol. The first-order chi connectivity index (χ1) is 13.7. The number of nitrogens with zero attached hydrogens (tertiary/aromatic N) is 3. The number of halogens is 3. The molecule has 0 spiro atoms. The van der Waals surface area contributed by atoms with E-state index in [4.69, 9.17) is 9.47 Å². The maximum Gasteiger partial charge on any atom is 0.416 e. The first-order valence-electron chi connectivity index (χ1n) is 8.84. The van der Waals surface area contributed by atoms with E-state index in [1.54, 1.807) is 0 Å². The Bertz CT molecular complexity index is 936. The van der Waals surface area contributed by atoms with Crippen molar-refractivity contribution in [3.63, 3.8) is 0 Å². The molecule has 0 bridgehead atoms. The van der Waals surface area contributed by atoms with E-state index in [1.165, 1.54) is 35.9 Å². The molecule has 158 valence electrons. The van der Waals surface area contributed by atoms with Crippen molar-refractivity contribution in [2.45, 2.75) is 30.9 Å². The van der Waals surface area contributed by atoms with E-state index in [0.29, 0.717) is 19.4 Å². The highest BCUT2D eigenvalue weighted by molar-refractivity contribution is 7.88. The molecule has 1 unspecified atom stereocenters. The van der Waals surface area contributed by atoms with E-state index in [9.17, 15) is 21.6 Å². The normalized spacial score (nSPS) is 18.4. The van der Waals surface area contributed by atoms with E-state index in [2.05, 4.69) is 9.97 Å². The van der Waals surface area contributed by atoms with Crippen LogP contribution in [0.25, 0.3) is 0 Å². The van der Waals surface area contributed by atoms with Crippen LogP contribution in [0.1, 0.15) is 24.0 Å². The highest BCUT2D eigenvalue weighted by Gasteiger charge is 2.32. The molecule has 2 heterocycles. The molecule has 29 heavy (non-hydrogen) atoms. The Labute approximate surface area is 166 Å². The van der Waals surface area contributed by atoms with Gasteiger partial charge < -0.3 is 9.47 Å². The Balaban J connectivity index is 1.67. The molecule has 7 nitrogen and oxygen atoms in total. The van der Waals surface area contributed by atoms with Gasteiger partial charge in [-0.05, 0) is 30.5 Å². The fourth-order valence-electron chi connectivity index (χ4n) is 3.04. The summed E-state index contributed by atoms with van der Waals surface area (Å²) in [5.41, 5.74) is -0.528. The molecule has 0 N–H and O–H groups in total. The van der Waals surface area contributed by atoms with Crippen molar-refractivity contribution in [3.8, 4) is 11.8 Å². The zero-order valence-corrected chi connectivity index (χ0v) is 16.4. The van der Waals surface area contributed by atoms with Crippen LogP contribution < -0.4 is 9.47 Å². The molecule has 1 aliphatic rings. The summed E-state index contributed by atoms with van der Waals surface area (Å²) in [6.45, 7) is 0.434. The Kier molecular flexibility index (Phi) is 6.27. The lowest BCUT2D eigenvalue weighted by molar-refractivity contribution is -0.137. The van der Waals surface area contributed by atoms with Crippen LogP contribution >= 0.6 is 0 Å². The number of ether oxygens (including phenoxy) is 2. The van der Waals surface area contributed by atoms with Gasteiger partial charge in [0.1, 0.15) is 6.10 Å². The maximum atomic E-state index is 12.8. The Morgan fingerprint density at radius 3 is 2.41 bits per heavy atom. The quantitative estimate of drug-likeness (QED) is 0.700. The molecule has 0 amide bonds. The minimum absolute atomic E-state index is 0.114. The van der Waals surface area contributed by atoms with Gasteiger partial charge in [-0.25, -0.2) is 18.4 Å². The van der Waals surface area contributed by atoms with Crippen LogP contribution in [0.3, 0.4) is 0 Å². The summed E-state index contributed by atoms with van der Waals surface area (Å²) in [5, 5.41) is 0. The molecular formula is C18H20F3N3O4S. The Morgan fingerprint density at radius 2 is 1.79 bits per heavy atom. The fraction of sp³-hybridized carbons (Fsp3) is 0.444. The summed E-state index contributed by atoms with van der Waals surface area (Å²) < 4.78 is 75.7. The van der Waals surface area contributed by atoms with E-state index in [0.717, 1.165) is 12.1 Å². The first-order valence-corrected chi connectivity index (χ1v) is 10.5. The molecule has 3 rings (SSSR count). The lowest BCUT2D eigenvalue weighted by atomic mass is 10.1. The van der Waals surface area contributed by atoms with Gasteiger partial charge in [-0.15, -0.1) is 0 Å². The highest BCUT2D eigenvalue weighted by atomic mass is 32.2. The smallest absolute Gasteiger partial charge is 0.416 e. The molecule has 1 aromatic heterocycles. The third-order valence-electron chi connectivity index (χ3n) is 4.47. The molecule has 0 aliphatic carbocycles. The van der Waals surface area contributed by atoms with Gasteiger partial charge in [0.25, 0.3) is 11.8 Å². The third-order valence-corrected chi connectivity index (χ3v) is 6.29. The van der Waals surface area contributed by atoms with Gasteiger partial charge in [-0.2, -0.15) is 17.5 Å². The highest BCUT2D eigenvalue weighted by Crippen LogP contribution is 2.30. The second kappa shape index (κ2) is 8.54. The molecule has 0 radical (unpaired) electrons. The number of methoxy groups -OCH3 is 1. The summed E-state index contributed by atoms with van der Waals surface area (Å²) in [6, 6.07) is 4.13. The second-order valence-electron chi connectivity index (χ2n) is 6.56. The summed E-state index contributed by atoms with van der Waals surface area (Å²) in [7, 11) is -2.29. The van der Waals surface area contributed by atoms with Gasteiger partial charge in [0.05, 0.1) is 25.0 Å². The van der Waals surface area contributed by atoms with E-state index in [1.807, 2.05) is 0 Å². The van der Waals surface area contributed by atoms with Crippen molar-refractivity contribution in [2.24, 2.45) is 0 Å². The van der Waals surface area contributed by atoms with E-state index >= 15 is 0 Å². The summed E-state index contributed by atoms with van der Waals surface area (Å²) in [4.78, 5) is 8.05. The second-order valence-corrected chi connectivity index (χ2v) is 8.53. The van der Waals surface area contributed by atoms with Crippen LogP contribution in [-0.4, -0.2) is 49.0 Å². The first kappa shape index (κ1) is 21.3. The third kappa shape index (κ3) is 5.36. The summed E-state index contributed by atoms with van der Waals surface area (Å²) >= 11 is 0. The number of alkyl halides is 3. The van der Waals surface area contributed by atoms with Crippen LogP contribution in [0.5, 0.6) is 11.8 Å². The number of sulfonamides is 1. The van der Waals surface area contributed by atoms with Crippen molar-refractivity contribution in [2.75, 3.05) is 20.2 Å². The van der Waals surface area contributed by atoms with Crippen molar-refractivity contribution >= 4 is 10.0 Å². The van der Waals surface area contributed by atoms with Crippen LogP contribution in [-0.2, 0) is 22.0 Å². The minimum atomic E-state index is -4.46. The number of benzene rings is 1. The van der Waals surface area contributed by atoms with E-state index < -0.39 is 27.9 Å². The molecule has 0 saturated carbocycles. The maximum absolute atomic E-state index is 12.8. The lowest BCUT2D eigenvalue weighted by Gasteiger charge is -2.32. The molecular weight excluding hydrogens is 411 g/mol. The predicted molar refractivity (Wildman–Crippen MR) is 97.9 cm³/mol. The SMILES string of the molecule is COc1nccnc1OC1CCCN(S(=O)(=O)Cc2ccc(C(F)(F)F)cc2)C1. The number of hydrogen-bond acceptors (Lipinski definition) is 6. The zero-order valence-electron chi connectivity index (χ0n) is 15.6.